The Bertz CT molecular complexity index is 323. The fourth-order valence-electron chi connectivity index (χ4n) is 1.06. The lowest BCUT2D eigenvalue weighted by molar-refractivity contribution is 0.112. The van der Waals surface area contributed by atoms with E-state index >= 15 is 0 Å². The molecule has 0 amide bonds. The van der Waals surface area contributed by atoms with Gasteiger partial charge in [0.25, 0.3) is 0 Å². The molecule has 3 nitrogen and oxygen atoms in total. The van der Waals surface area contributed by atoms with Crippen molar-refractivity contribution >= 4 is 22.2 Å². The molecule has 0 heterocycles. The third kappa shape index (κ3) is 2.15. The van der Waals surface area contributed by atoms with E-state index in [1.54, 1.807) is 12.1 Å². The van der Waals surface area contributed by atoms with Crippen LogP contribution in [0.1, 0.15) is 21.5 Å². The van der Waals surface area contributed by atoms with Gasteiger partial charge in [-0.3, -0.25) is 4.79 Å². The second-order valence-electron chi connectivity index (χ2n) is 2.58. The van der Waals surface area contributed by atoms with Crippen LogP contribution in [-0.2, 0) is 13.2 Å². The Morgan fingerprint density at radius 1 is 1.23 bits per heavy atom. The van der Waals surface area contributed by atoms with Gasteiger partial charge < -0.3 is 10.2 Å². The zero-order valence-electron chi connectivity index (χ0n) is 6.83. The van der Waals surface area contributed by atoms with Crippen LogP contribution in [-0.4, -0.2) is 16.5 Å². The molecule has 2 N–H and O–H groups in total. The van der Waals surface area contributed by atoms with E-state index in [2.05, 4.69) is 15.9 Å². The summed E-state index contributed by atoms with van der Waals surface area (Å²) < 4.78 is 0.628. The summed E-state index contributed by atoms with van der Waals surface area (Å²) in [4.78, 5) is 10.5. The maximum Gasteiger partial charge on any atom is 0.151 e. The Kier molecular flexibility index (Phi) is 3.59. The van der Waals surface area contributed by atoms with Gasteiger partial charge in [-0.05, 0) is 23.3 Å². The fourth-order valence-corrected chi connectivity index (χ4v) is 1.55. The van der Waals surface area contributed by atoms with Gasteiger partial charge in [-0.25, -0.2) is 0 Å². The van der Waals surface area contributed by atoms with Crippen molar-refractivity contribution in [1.29, 1.82) is 0 Å². The van der Waals surface area contributed by atoms with Crippen LogP contribution in [0.3, 0.4) is 0 Å². The number of halogens is 1. The van der Waals surface area contributed by atoms with Crippen molar-refractivity contribution in [2.24, 2.45) is 0 Å². The van der Waals surface area contributed by atoms with Gasteiger partial charge in [-0.1, -0.05) is 15.9 Å². The summed E-state index contributed by atoms with van der Waals surface area (Å²) in [5.41, 5.74) is 1.68. The molecule has 0 fully saturated rings. The Labute approximate surface area is 84.1 Å². The molecule has 1 aromatic rings. The SMILES string of the molecule is O=Cc1cc(CO)c(CO)cc1Br. The molecule has 0 bridgehead atoms. The van der Waals surface area contributed by atoms with Crippen LogP contribution < -0.4 is 0 Å². The molecule has 0 spiro atoms. The quantitative estimate of drug-likeness (QED) is 0.788. The van der Waals surface area contributed by atoms with E-state index in [0.717, 1.165) is 0 Å². The highest BCUT2D eigenvalue weighted by Gasteiger charge is 2.06. The number of hydrogen-bond donors (Lipinski definition) is 2. The standard InChI is InChI=1S/C9H9BrO3/c10-9-2-7(4-12)6(3-11)1-8(9)5-13/h1-2,5,11-12H,3-4H2. The molecule has 70 valence electrons. The normalized spacial score (nSPS) is 10.1. The van der Waals surface area contributed by atoms with E-state index in [4.69, 9.17) is 10.2 Å². The number of aliphatic hydroxyl groups is 2. The van der Waals surface area contributed by atoms with Crippen molar-refractivity contribution in [2.75, 3.05) is 0 Å². The van der Waals surface area contributed by atoms with Crippen LogP contribution >= 0.6 is 15.9 Å². The van der Waals surface area contributed by atoms with Gasteiger partial charge in [0.05, 0.1) is 13.2 Å². The number of carbonyl (C=O) groups is 1. The van der Waals surface area contributed by atoms with E-state index in [1.165, 1.54) is 0 Å². The summed E-state index contributed by atoms with van der Waals surface area (Å²) in [5, 5.41) is 17.8. The fraction of sp³-hybridized carbons (Fsp3) is 0.222. The first-order valence-electron chi connectivity index (χ1n) is 3.71. The first-order chi connectivity index (χ1) is 6.22. The van der Waals surface area contributed by atoms with Crippen molar-refractivity contribution in [3.63, 3.8) is 0 Å². The third-order valence-corrected chi connectivity index (χ3v) is 2.47. The molecule has 0 aliphatic heterocycles. The van der Waals surface area contributed by atoms with Crippen LogP contribution in [0.2, 0.25) is 0 Å². The molecule has 1 aromatic carbocycles. The van der Waals surface area contributed by atoms with Crippen molar-refractivity contribution in [3.05, 3.63) is 33.3 Å². The molecule has 1 rings (SSSR count). The number of rotatable bonds is 3. The molecule has 0 saturated heterocycles. The molecule has 4 heteroatoms. The zero-order valence-corrected chi connectivity index (χ0v) is 8.41. The number of benzene rings is 1. The van der Waals surface area contributed by atoms with Crippen LogP contribution in [0.25, 0.3) is 0 Å². The summed E-state index contributed by atoms with van der Waals surface area (Å²) in [7, 11) is 0. The second kappa shape index (κ2) is 4.50. The van der Waals surface area contributed by atoms with E-state index in [-0.39, 0.29) is 13.2 Å². The summed E-state index contributed by atoms with van der Waals surface area (Å²) in [5.74, 6) is 0. The Hall–Kier alpha value is -0.710. The average molecular weight is 245 g/mol. The molecule has 0 aliphatic carbocycles. The molecule has 0 atom stereocenters. The largest absolute Gasteiger partial charge is 0.392 e. The summed E-state index contributed by atoms with van der Waals surface area (Å²) in [6.45, 7) is -0.322. The maximum absolute atomic E-state index is 10.5. The van der Waals surface area contributed by atoms with Gasteiger partial charge in [0.15, 0.2) is 6.29 Å². The summed E-state index contributed by atoms with van der Waals surface area (Å²) in [6.07, 6.45) is 0.699. The van der Waals surface area contributed by atoms with E-state index in [9.17, 15) is 4.79 Å². The lowest BCUT2D eigenvalue weighted by Crippen LogP contribution is -1.97. The van der Waals surface area contributed by atoms with Gasteiger partial charge in [-0.2, -0.15) is 0 Å². The summed E-state index contributed by atoms with van der Waals surface area (Å²) >= 11 is 3.19. The second-order valence-corrected chi connectivity index (χ2v) is 3.43. The Balaban J connectivity index is 3.26. The molecule has 13 heavy (non-hydrogen) atoms. The molecular formula is C9H9BrO3. The lowest BCUT2D eigenvalue weighted by Gasteiger charge is -2.06. The van der Waals surface area contributed by atoms with Crippen molar-refractivity contribution in [2.45, 2.75) is 13.2 Å². The van der Waals surface area contributed by atoms with Crippen LogP contribution in [0.15, 0.2) is 16.6 Å². The maximum atomic E-state index is 10.5. The van der Waals surface area contributed by atoms with Gasteiger partial charge in [0.2, 0.25) is 0 Å². The van der Waals surface area contributed by atoms with E-state index in [0.29, 0.717) is 27.4 Å². The minimum Gasteiger partial charge on any atom is -0.392 e. The predicted molar refractivity (Wildman–Crippen MR) is 51.4 cm³/mol. The van der Waals surface area contributed by atoms with Gasteiger partial charge in [0.1, 0.15) is 0 Å². The molecule has 0 saturated carbocycles. The number of aldehydes is 1. The average Bonchev–Trinajstić information content (AvgIpc) is 2.17. The van der Waals surface area contributed by atoms with E-state index in [1.807, 2.05) is 0 Å². The third-order valence-electron chi connectivity index (χ3n) is 1.79. The Morgan fingerprint density at radius 3 is 2.23 bits per heavy atom. The predicted octanol–water partition coefficient (Wildman–Crippen LogP) is 1.25. The van der Waals surface area contributed by atoms with Crippen LogP contribution in [0.4, 0.5) is 0 Å². The van der Waals surface area contributed by atoms with Crippen LogP contribution in [0, 0.1) is 0 Å². The highest BCUT2D eigenvalue weighted by atomic mass is 79.9. The smallest absolute Gasteiger partial charge is 0.151 e. The van der Waals surface area contributed by atoms with Crippen molar-refractivity contribution in [1.82, 2.24) is 0 Å². The molecule has 0 aromatic heterocycles. The minimum absolute atomic E-state index is 0.145. The van der Waals surface area contributed by atoms with Gasteiger partial charge in [0, 0.05) is 10.0 Å². The number of hydrogen-bond acceptors (Lipinski definition) is 3. The van der Waals surface area contributed by atoms with E-state index < -0.39 is 0 Å². The molecular weight excluding hydrogens is 236 g/mol. The number of aliphatic hydroxyl groups excluding tert-OH is 2. The Morgan fingerprint density at radius 2 is 1.77 bits per heavy atom. The topological polar surface area (TPSA) is 57.5 Å². The van der Waals surface area contributed by atoms with Crippen LogP contribution in [0.5, 0.6) is 0 Å². The highest BCUT2D eigenvalue weighted by Crippen LogP contribution is 2.21. The zero-order chi connectivity index (χ0) is 9.84. The molecule has 0 aliphatic rings. The monoisotopic (exact) mass is 244 g/mol. The van der Waals surface area contributed by atoms with Crippen molar-refractivity contribution in [3.8, 4) is 0 Å². The van der Waals surface area contributed by atoms with Gasteiger partial charge >= 0.3 is 0 Å². The number of carbonyl (C=O) groups excluding carboxylic acids is 1. The summed E-state index contributed by atoms with van der Waals surface area (Å²) in [6, 6.07) is 3.19. The lowest BCUT2D eigenvalue weighted by atomic mass is 10.1. The minimum atomic E-state index is -0.177. The van der Waals surface area contributed by atoms with Gasteiger partial charge in [-0.15, -0.1) is 0 Å². The first-order valence-corrected chi connectivity index (χ1v) is 4.50. The highest BCUT2D eigenvalue weighted by molar-refractivity contribution is 9.10. The molecule has 0 unspecified atom stereocenters. The van der Waals surface area contributed by atoms with Crippen molar-refractivity contribution < 1.29 is 15.0 Å². The first kappa shape index (κ1) is 10.4. The molecule has 0 radical (unpaired) electrons.